The van der Waals surface area contributed by atoms with E-state index < -0.39 is 17.9 Å². The van der Waals surface area contributed by atoms with E-state index in [0.29, 0.717) is 24.8 Å². The van der Waals surface area contributed by atoms with Gasteiger partial charge in [0.05, 0.1) is 12.0 Å². The first-order valence-electron chi connectivity index (χ1n) is 6.24. The summed E-state index contributed by atoms with van der Waals surface area (Å²) >= 11 is 0. The van der Waals surface area contributed by atoms with E-state index in [1.807, 2.05) is 0 Å². The van der Waals surface area contributed by atoms with E-state index in [2.05, 4.69) is 0 Å². The summed E-state index contributed by atoms with van der Waals surface area (Å²) in [4.78, 5) is 24.8. The molecule has 5 heteroatoms. The monoisotopic (exact) mass is 265 g/mol. The lowest BCUT2D eigenvalue weighted by atomic mass is 9.89. The average Bonchev–Trinajstić information content (AvgIpc) is 2.51. The molecule has 1 aliphatic rings. The third-order valence-corrected chi connectivity index (χ3v) is 3.63. The van der Waals surface area contributed by atoms with Crippen molar-refractivity contribution in [1.82, 2.24) is 4.90 Å². The van der Waals surface area contributed by atoms with Crippen LogP contribution in [0.3, 0.4) is 0 Å². The molecule has 2 atom stereocenters. The second-order valence-corrected chi connectivity index (χ2v) is 4.84. The molecule has 0 aromatic heterocycles. The number of amides is 1. The highest BCUT2D eigenvalue weighted by molar-refractivity contribution is 5.79. The Labute approximate surface area is 110 Å². The standard InChI is InChI=1S/C14H16FNO3/c1-16-12(17)4-2-3-11(14(18)19)13(16)9-5-7-10(15)8-6-9/h5-8,11,13H,2-4H2,1H3,(H,18,19). The van der Waals surface area contributed by atoms with Crippen molar-refractivity contribution in [3.63, 3.8) is 0 Å². The summed E-state index contributed by atoms with van der Waals surface area (Å²) < 4.78 is 13.0. The number of benzene rings is 1. The van der Waals surface area contributed by atoms with Gasteiger partial charge >= 0.3 is 5.97 Å². The van der Waals surface area contributed by atoms with Crippen molar-refractivity contribution < 1.29 is 19.1 Å². The molecule has 2 rings (SSSR count). The molecule has 0 spiro atoms. The van der Waals surface area contributed by atoms with Gasteiger partial charge in [-0.1, -0.05) is 12.1 Å². The van der Waals surface area contributed by atoms with Crippen LogP contribution in [0.1, 0.15) is 30.9 Å². The van der Waals surface area contributed by atoms with Crippen molar-refractivity contribution in [2.45, 2.75) is 25.3 Å². The zero-order chi connectivity index (χ0) is 14.0. The van der Waals surface area contributed by atoms with Crippen molar-refractivity contribution in [3.8, 4) is 0 Å². The smallest absolute Gasteiger partial charge is 0.308 e. The number of hydrogen-bond acceptors (Lipinski definition) is 2. The van der Waals surface area contributed by atoms with Crippen LogP contribution >= 0.6 is 0 Å². The van der Waals surface area contributed by atoms with Gasteiger partial charge in [0.2, 0.25) is 5.91 Å². The second-order valence-electron chi connectivity index (χ2n) is 4.84. The summed E-state index contributed by atoms with van der Waals surface area (Å²) in [7, 11) is 1.61. The molecule has 4 nitrogen and oxygen atoms in total. The molecule has 1 aromatic carbocycles. The predicted octanol–water partition coefficient (Wildman–Crippen LogP) is 2.21. The molecule has 1 fully saturated rings. The normalized spacial score (nSPS) is 24.1. The highest BCUT2D eigenvalue weighted by Gasteiger charge is 2.36. The lowest BCUT2D eigenvalue weighted by Gasteiger charge is -2.30. The number of carbonyl (C=O) groups excluding carboxylic acids is 1. The molecule has 1 N–H and O–H groups in total. The fraction of sp³-hybridized carbons (Fsp3) is 0.429. The molecule has 0 radical (unpaired) electrons. The van der Waals surface area contributed by atoms with E-state index in [0.717, 1.165) is 0 Å². The maximum Gasteiger partial charge on any atom is 0.308 e. The number of aliphatic carboxylic acids is 1. The van der Waals surface area contributed by atoms with E-state index in [-0.39, 0.29) is 11.7 Å². The van der Waals surface area contributed by atoms with Gasteiger partial charge in [0.1, 0.15) is 5.82 Å². The highest BCUT2D eigenvalue weighted by Crippen LogP contribution is 2.34. The molecule has 1 aromatic rings. The van der Waals surface area contributed by atoms with Crippen LogP contribution in [0.25, 0.3) is 0 Å². The largest absolute Gasteiger partial charge is 0.481 e. The number of rotatable bonds is 2. The number of halogens is 1. The maximum atomic E-state index is 13.0. The van der Waals surface area contributed by atoms with Gasteiger partial charge in [0, 0.05) is 13.5 Å². The maximum absolute atomic E-state index is 13.0. The minimum Gasteiger partial charge on any atom is -0.481 e. The topological polar surface area (TPSA) is 57.6 Å². The Kier molecular flexibility index (Phi) is 3.83. The van der Waals surface area contributed by atoms with E-state index in [1.54, 1.807) is 19.2 Å². The molecule has 1 heterocycles. The Morgan fingerprint density at radius 1 is 1.37 bits per heavy atom. The predicted molar refractivity (Wildman–Crippen MR) is 66.9 cm³/mol. The molecule has 1 amide bonds. The second kappa shape index (κ2) is 5.38. The number of nitrogens with zero attached hydrogens (tertiary/aromatic N) is 1. The Hall–Kier alpha value is -1.91. The van der Waals surface area contributed by atoms with Crippen LogP contribution in [0.2, 0.25) is 0 Å². The first kappa shape index (κ1) is 13.5. The lowest BCUT2D eigenvalue weighted by molar-refractivity contribution is -0.145. The molecular weight excluding hydrogens is 249 g/mol. The van der Waals surface area contributed by atoms with Gasteiger partial charge in [-0.15, -0.1) is 0 Å². The molecular formula is C14H16FNO3. The van der Waals surface area contributed by atoms with Crippen molar-refractivity contribution in [3.05, 3.63) is 35.6 Å². The van der Waals surface area contributed by atoms with Crippen LogP contribution in [-0.4, -0.2) is 28.9 Å². The first-order chi connectivity index (χ1) is 9.00. The fourth-order valence-electron chi connectivity index (χ4n) is 2.61. The molecule has 1 saturated heterocycles. The van der Waals surface area contributed by atoms with Crippen molar-refractivity contribution >= 4 is 11.9 Å². The zero-order valence-electron chi connectivity index (χ0n) is 10.7. The Bertz CT molecular complexity index is 486. The molecule has 102 valence electrons. The van der Waals surface area contributed by atoms with Crippen LogP contribution < -0.4 is 0 Å². The molecule has 19 heavy (non-hydrogen) atoms. The van der Waals surface area contributed by atoms with Gasteiger partial charge in [0.25, 0.3) is 0 Å². The van der Waals surface area contributed by atoms with Crippen molar-refractivity contribution in [2.75, 3.05) is 7.05 Å². The number of likely N-dealkylation sites (tertiary alicyclic amines) is 1. The highest BCUT2D eigenvalue weighted by atomic mass is 19.1. The van der Waals surface area contributed by atoms with Crippen LogP contribution in [0.5, 0.6) is 0 Å². The molecule has 2 unspecified atom stereocenters. The average molecular weight is 265 g/mol. The van der Waals surface area contributed by atoms with E-state index in [9.17, 15) is 19.1 Å². The summed E-state index contributed by atoms with van der Waals surface area (Å²) in [5.41, 5.74) is 0.659. The summed E-state index contributed by atoms with van der Waals surface area (Å²) in [6.07, 6.45) is 1.38. The number of hydrogen-bond donors (Lipinski definition) is 1. The molecule has 0 aliphatic carbocycles. The minimum absolute atomic E-state index is 0.0712. The Morgan fingerprint density at radius 2 is 2.00 bits per heavy atom. The summed E-state index contributed by atoms with van der Waals surface area (Å²) in [6, 6.07) is 5.14. The third kappa shape index (κ3) is 2.75. The lowest BCUT2D eigenvalue weighted by Crippen LogP contribution is -2.36. The molecule has 0 saturated carbocycles. The molecule has 1 aliphatic heterocycles. The van der Waals surface area contributed by atoms with Gasteiger partial charge in [-0.05, 0) is 30.5 Å². The van der Waals surface area contributed by atoms with Gasteiger partial charge in [0.15, 0.2) is 0 Å². The van der Waals surface area contributed by atoms with Crippen molar-refractivity contribution in [2.24, 2.45) is 5.92 Å². The zero-order valence-corrected chi connectivity index (χ0v) is 10.7. The van der Waals surface area contributed by atoms with Crippen LogP contribution in [0.15, 0.2) is 24.3 Å². The molecule has 0 bridgehead atoms. The van der Waals surface area contributed by atoms with Crippen LogP contribution in [-0.2, 0) is 9.59 Å². The number of carboxylic acid groups (broad SMARTS) is 1. The van der Waals surface area contributed by atoms with Crippen LogP contribution in [0, 0.1) is 11.7 Å². The fourth-order valence-corrected chi connectivity index (χ4v) is 2.61. The summed E-state index contributed by atoms with van der Waals surface area (Å²) in [5.74, 6) is -2.02. The van der Waals surface area contributed by atoms with E-state index in [1.165, 1.54) is 17.0 Å². The third-order valence-electron chi connectivity index (χ3n) is 3.63. The number of carboxylic acids is 1. The SMILES string of the molecule is CN1C(=O)CCCC(C(=O)O)C1c1ccc(F)cc1. The van der Waals surface area contributed by atoms with Gasteiger partial charge in [-0.3, -0.25) is 9.59 Å². The van der Waals surface area contributed by atoms with Crippen LogP contribution in [0.4, 0.5) is 4.39 Å². The van der Waals surface area contributed by atoms with Gasteiger partial charge in [-0.25, -0.2) is 4.39 Å². The van der Waals surface area contributed by atoms with Gasteiger partial charge < -0.3 is 10.0 Å². The summed E-state index contributed by atoms with van der Waals surface area (Å²) in [6.45, 7) is 0. The first-order valence-corrected chi connectivity index (χ1v) is 6.24. The Balaban J connectivity index is 2.41. The summed E-state index contributed by atoms with van der Waals surface area (Å²) in [5, 5.41) is 9.34. The van der Waals surface area contributed by atoms with E-state index >= 15 is 0 Å². The number of carbonyl (C=O) groups is 2. The minimum atomic E-state index is -0.920. The van der Waals surface area contributed by atoms with Crippen molar-refractivity contribution in [1.29, 1.82) is 0 Å². The Morgan fingerprint density at radius 3 is 2.58 bits per heavy atom. The van der Waals surface area contributed by atoms with E-state index in [4.69, 9.17) is 0 Å². The van der Waals surface area contributed by atoms with Gasteiger partial charge in [-0.2, -0.15) is 0 Å². The quantitative estimate of drug-likeness (QED) is 0.892.